The molecule has 1 aromatic rings. The second kappa shape index (κ2) is 5.93. The highest BCUT2D eigenvalue weighted by Gasteiger charge is 2.24. The topological polar surface area (TPSA) is 70.6 Å². The number of rotatable bonds is 3. The van der Waals surface area contributed by atoms with Gasteiger partial charge in [-0.05, 0) is 38.4 Å². The van der Waals surface area contributed by atoms with Gasteiger partial charge in [-0.3, -0.25) is 4.79 Å². The predicted molar refractivity (Wildman–Crippen MR) is 72.6 cm³/mol. The van der Waals surface area contributed by atoms with Crippen molar-refractivity contribution in [1.29, 1.82) is 0 Å². The highest BCUT2D eigenvalue weighted by Crippen LogP contribution is 2.29. The third-order valence-electron chi connectivity index (χ3n) is 3.54. The van der Waals surface area contributed by atoms with E-state index in [2.05, 4.69) is 17.6 Å². The number of carbonyl (C=O) groups excluding carboxylic acids is 1. The molecular weight excluding hydrogens is 244 g/mol. The summed E-state index contributed by atoms with van der Waals surface area (Å²) in [5.74, 6) is -0.0710. The first-order valence-electron chi connectivity index (χ1n) is 6.53. The first-order valence-corrected chi connectivity index (χ1v) is 6.53. The zero-order chi connectivity index (χ0) is 13.8. The van der Waals surface area contributed by atoms with Gasteiger partial charge in [0.1, 0.15) is 0 Å². The summed E-state index contributed by atoms with van der Waals surface area (Å²) in [5, 5.41) is 16.2. The van der Waals surface area contributed by atoms with Crippen LogP contribution in [0.5, 0.6) is 11.5 Å². The van der Waals surface area contributed by atoms with Crippen molar-refractivity contribution in [1.82, 2.24) is 10.6 Å². The molecule has 5 nitrogen and oxygen atoms in total. The van der Waals surface area contributed by atoms with Crippen molar-refractivity contribution in [3.63, 3.8) is 0 Å². The second-order valence-electron chi connectivity index (χ2n) is 4.82. The number of hydrogen-bond acceptors (Lipinski definition) is 4. The molecule has 0 spiro atoms. The summed E-state index contributed by atoms with van der Waals surface area (Å²) in [7, 11) is 1.46. The van der Waals surface area contributed by atoms with Crippen molar-refractivity contribution in [2.75, 3.05) is 13.7 Å². The Kier molecular flexibility index (Phi) is 4.27. The molecule has 0 saturated carbocycles. The number of phenolic OH excluding ortho intramolecular Hbond substituents is 1. The van der Waals surface area contributed by atoms with Crippen LogP contribution in [0.1, 0.15) is 30.1 Å². The molecule has 1 aliphatic heterocycles. The van der Waals surface area contributed by atoms with Gasteiger partial charge >= 0.3 is 0 Å². The lowest BCUT2D eigenvalue weighted by molar-refractivity contribution is 0.0916. The van der Waals surface area contributed by atoms with Crippen molar-refractivity contribution >= 4 is 5.91 Å². The Bertz CT molecular complexity index is 462. The van der Waals surface area contributed by atoms with E-state index in [1.807, 2.05) is 0 Å². The number of phenols is 1. The van der Waals surface area contributed by atoms with Gasteiger partial charge in [0.05, 0.1) is 12.7 Å². The number of methoxy groups -OCH3 is 1. The third-order valence-corrected chi connectivity index (χ3v) is 3.54. The maximum Gasteiger partial charge on any atom is 0.255 e. The van der Waals surface area contributed by atoms with Crippen LogP contribution in [-0.4, -0.2) is 36.8 Å². The molecule has 0 bridgehead atoms. The van der Waals surface area contributed by atoms with Crippen LogP contribution >= 0.6 is 0 Å². The van der Waals surface area contributed by atoms with E-state index in [4.69, 9.17) is 4.74 Å². The average Bonchev–Trinajstić information content (AvgIpc) is 2.41. The van der Waals surface area contributed by atoms with Crippen LogP contribution in [0.15, 0.2) is 18.2 Å². The predicted octanol–water partition coefficient (Wildman–Crippen LogP) is 1.27. The summed E-state index contributed by atoms with van der Waals surface area (Å²) in [4.78, 5) is 12.2. The molecule has 2 unspecified atom stereocenters. The molecule has 0 radical (unpaired) electrons. The number of hydrogen-bond donors (Lipinski definition) is 3. The molecule has 1 fully saturated rings. The molecule has 2 rings (SSSR count). The van der Waals surface area contributed by atoms with Crippen LogP contribution < -0.4 is 15.4 Å². The van der Waals surface area contributed by atoms with E-state index in [1.54, 1.807) is 18.2 Å². The van der Waals surface area contributed by atoms with Gasteiger partial charge < -0.3 is 20.5 Å². The lowest BCUT2D eigenvalue weighted by Crippen LogP contribution is -2.51. The lowest BCUT2D eigenvalue weighted by Gasteiger charge is -2.30. The van der Waals surface area contributed by atoms with Gasteiger partial charge in [0, 0.05) is 12.1 Å². The summed E-state index contributed by atoms with van der Waals surface area (Å²) in [5.41, 5.74) is 0.247. The molecule has 1 heterocycles. The molecule has 1 aliphatic rings. The summed E-state index contributed by atoms with van der Waals surface area (Å²) in [6, 6.07) is 5.23. The van der Waals surface area contributed by atoms with Gasteiger partial charge in [-0.25, -0.2) is 0 Å². The summed E-state index contributed by atoms with van der Waals surface area (Å²) < 4.78 is 5.00. The van der Waals surface area contributed by atoms with Crippen molar-refractivity contribution in [3.8, 4) is 11.5 Å². The number of nitrogens with one attached hydrogen (secondary N) is 2. The van der Waals surface area contributed by atoms with Crippen LogP contribution in [0.3, 0.4) is 0 Å². The Morgan fingerprint density at radius 2 is 2.32 bits per heavy atom. The zero-order valence-electron chi connectivity index (χ0n) is 11.3. The summed E-state index contributed by atoms with van der Waals surface area (Å²) in [6.45, 7) is 3.04. The van der Waals surface area contributed by atoms with Crippen LogP contribution in [0.2, 0.25) is 0 Å². The quantitative estimate of drug-likeness (QED) is 0.769. The first-order chi connectivity index (χ1) is 9.13. The van der Waals surface area contributed by atoms with Gasteiger partial charge in [0.2, 0.25) is 0 Å². The smallest absolute Gasteiger partial charge is 0.255 e. The van der Waals surface area contributed by atoms with E-state index in [0.717, 1.165) is 19.4 Å². The minimum absolute atomic E-state index is 0.0897. The van der Waals surface area contributed by atoms with Gasteiger partial charge in [0.25, 0.3) is 5.91 Å². The Hall–Kier alpha value is -1.75. The SMILES string of the molecule is COc1cccc(C(=O)NC2CCCNC2C)c1O. The molecule has 19 heavy (non-hydrogen) atoms. The maximum absolute atomic E-state index is 12.2. The van der Waals surface area contributed by atoms with E-state index >= 15 is 0 Å². The minimum Gasteiger partial charge on any atom is -0.504 e. The normalized spacial score (nSPS) is 22.8. The molecule has 0 aromatic heterocycles. The number of aromatic hydroxyl groups is 1. The van der Waals surface area contributed by atoms with Crippen molar-refractivity contribution in [2.24, 2.45) is 0 Å². The highest BCUT2D eigenvalue weighted by atomic mass is 16.5. The van der Waals surface area contributed by atoms with Crippen molar-refractivity contribution in [2.45, 2.75) is 31.8 Å². The van der Waals surface area contributed by atoms with Crippen LogP contribution in [0, 0.1) is 0 Å². The molecular formula is C14H20N2O3. The molecule has 0 aliphatic carbocycles. The minimum atomic E-state index is -0.267. The highest BCUT2D eigenvalue weighted by molar-refractivity contribution is 5.97. The molecule has 2 atom stereocenters. The van der Waals surface area contributed by atoms with E-state index in [-0.39, 0.29) is 29.3 Å². The van der Waals surface area contributed by atoms with Gasteiger partial charge in [0.15, 0.2) is 11.5 Å². The number of piperidine rings is 1. The molecule has 104 valence electrons. The van der Waals surface area contributed by atoms with Gasteiger partial charge in [-0.15, -0.1) is 0 Å². The second-order valence-corrected chi connectivity index (χ2v) is 4.82. The molecule has 1 aromatic carbocycles. The zero-order valence-corrected chi connectivity index (χ0v) is 11.3. The van der Waals surface area contributed by atoms with E-state index < -0.39 is 0 Å². The Morgan fingerprint density at radius 1 is 1.53 bits per heavy atom. The number of benzene rings is 1. The fraction of sp³-hybridized carbons (Fsp3) is 0.500. The number of para-hydroxylation sites is 1. The van der Waals surface area contributed by atoms with E-state index in [0.29, 0.717) is 5.75 Å². The summed E-state index contributed by atoms with van der Waals surface area (Å²) >= 11 is 0. The molecule has 3 N–H and O–H groups in total. The average molecular weight is 264 g/mol. The van der Waals surface area contributed by atoms with E-state index in [9.17, 15) is 9.90 Å². The standard InChI is InChI=1S/C14H20N2O3/c1-9-11(6-4-8-15-9)16-14(18)10-5-3-7-12(19-2)13(10)17/h3,5,7,9,11,15,17H,4,6,8H2,1-2H3,(H,16,18). The van der Waals surface area contributed by atoms with Crippen molar-refractivity contribution in [3.05, 3.63) is 23.8 Å². The van der Waals surface area contributed by atoms with E-state index in [1.165, 1.54) is 7.11 Å². The molecule has 1 saturated heterocycles. The first kappa shape index (κ1) is 13.7. The number of carbonyl (C=O) groups is 1. The Morgan fingerprint density at radius 3 is 3.00 bits per heavy atom. The van der Waals surface area contributed by atoms with Crippen LogP contribution in [-0.2, 0) is 0 Å². The fourth-order valence-corrected chi connectivity index (χ4v) is 2.36. The number of ether oxygens (including phenoxy) is 1. The Labute approximate surface area is 113 Å². The third kappa shape index (κ3) is 2.98. The molecule has 1 amide bonds. The van der Waals surface area contributed by atoms with Crippen molar-refractivity contribution < 1.29 is 14.6 Å². The molecule has 5 heteroatoms. The lowest BCUT2D eigenvalue weighted by atomic mass is 9.99. The van der Waals surface area contributed by atoms with Gasteiger partial charge in [-0.2, -0.15) is 0 Å². The van der Waals surface area contributed by atoms with Gasteiger partial charge in [-0.1, -0.05) is 6.07 Å². The Balaban J connectivity index is 2.11. The largest absolute Gasteiger partial charge is 0.504 e. The van der Waals surface area contributed by atoms with Crippen LogP contribution in [0.4, 0.5) is 0 Å². The maximum atomic E-state index is 12.2. The fourth-order valence-electron chi connectivity index (χ4n) is 2.36. The van der Waals surface area contributed by atoms with Crippen LogP contribution in [0.25, 0.3) is 0 Å². The number of amides is 1. The summed E-state index contributed by atoms with van der Waals surface area (Å²) in [6.07, 6.45) is 1.99. The monoisotopic (exact) mass is 264 g/mol.